The fourth-order valence-corrected chi connectivity index (χ4v) is 0.782. The van der Waals surface area contributed by atoms with Crippen LogP contribution in [0.3, 0.4) is 0 Å². The summed E-state index contributed by atoms with van der Waals surface area (Å²) in [6.07, 6.45) is 0.539. The minimum absolute atomic E-state index is 0.236. The second-order valence-corrected chi connectivity index (χ2v) is 3.45. The maximum Gasteiger partial charge on any atom is 0.237 e. The Balaban J connectivity index is 3.87. The molecule has 12 heavy (non-hydrogen) atoms. The first kappa shape index (κ1) is 11.2. The van der Waals surface area contributed by atoms with Gasteiger partial charge in [0.15, 0.2) is 0 Å². The molecule has 66 valence electrons. The zero-order valence-electron chi connectivity index (χ0n) is 6.93. The first-order chi connectivity index (χ1) is 5.61. The van der Waals surface area contributed by atoms with Gasteiger partial charge in [0.25, 0.3) is 0 Å². The zero-order valence-corrected chi connectivity index (χ0v) is 8.52. The molecule has 0 aliphatic rings. The van der Waals surface area contributed by atoms with Crippen molar-refractivity contribution in [1.29, 1.82) is 5.26 Å². The molecule has 3 nitrogen and oxygen atoms in total. The summed E-state index contributed by atoms with van der Waals surface area (Å²) in [5.74, 6) is -0.780. The third-order valence-corrected chi connectivity index (χ3v) is 1.62. The maximum absolute atomic E-state index is 11.1. The van der Waals surface area contributed by atoms with Gasteiger partial charge in [-0.1, -0.05) is 29.4 Å². The number of hydrogen-bond acceptors (Lipinski definition) is 2. The Morgan fingerprint density at radius 3 is 2.75 bits per heavy atom. The lowest BCUT2D eigenvalue weighted by Gasteiger charge is -2.06. The predicted molar refractivity (Wildman–Crippen MR) is 50.5 cm³/mol. The van der Waals surface area contributed by atoms with Gasteiger partial charge >= 0.3 is 0 Å². The monoisotopic (exact) mass is 230 g/mol. The molecule has 0 aromatic heterocycles. The highest BCUT2D eigenvalue weighted by Crippen LogP contribution is 2.02. The first-order valence-electron chi connectivity index (χ1n) is 3.62. The molecule has 0 fully saturated rings. The lowest BCUT2D eigenvalue weighted by molar-refractivity contribution is -0.123. The van der Waals surface area contributed by atoms with E-state index in [9.17, 15) is 4.79 Å². The second kappa shape index (κ2) is 5.78. The van der Waals surface area contributed by atoms with Gasteiger partial charge in [0.2, 0.25) is 5.91 Å². The minimum atomic E-state index is -0.545. The van der Waals surface area contributed by atoms with E-state index < -0.39 is 5.92 Å². The molecule has 0 aromatic carbocycles. The van der Waals surface area contributed by atoms with Crippen molar-refractivity contribution in [3.8, 4) is 6.07 Å². The largest absolute Gasteiger partial charge is 0.350 e. The number of halogens is 1. The molecule has 1 N–H and O–H groups in total. The first-order valence-corrected chi connectivity index (χ1v) is 4.41. The van der Waals surface area contributed by atoms with Crippen molar-refractivity contribution in [3.05, 3.63) is 11.1 Å². The molecule has 0 aliphatic carbocycles. The van der Waals surface area contributed by atoms with Gasteiger partial charge in [-0.05, 0) is 6.42 Å². The Bertz CT molecular complexity index is 220. The average molecular weight is 231 g/mol. The molecule has 0 saturated heterocycles. The highest BCUT2D eigenvalue weighted by molar-refractivity contribution is 9.11. The third kappa shape index (κ3) is 4.14. The lowest BCUT2D eigenvalue weighted by Crippen LogP contribution is -2.30. The number of nitrogens with zero attached hydrogens (tertiary/aromatic N) is 1. The van der Waals surface area contributed by atoms with Crippen LogP contribution in [-0.2, 0) is 4.79 Å². The molecule has 0 saturated carbocycles. The van der Waals surface area contributed by atoms with Gasteiger partial charge in [-0.2, -0.15) is 5.26 Å². The van der Waals surface area contributed by atoms with E-state index in [-0.39, 0.29) is 5.91 Å². The van der Waals surface area contributed by atoms with Crippen molar-refractivity contribution in [3.63, 3.8) is 0 Å². The summed E-state index contributed by atoms with van der Waals surface area (Å²) in [6.45, 7) is 5.73. The van der Waals surface area contributed by atoms with Crippen molar-refractivity contribution in [1.82, 2.24) is 5.32 Å². The molecule has 0 radical (unpaired) electrons. The topological polar surface area (TPSA) is 52.9 Å². The fourth-order valence-electron chi connectivity index (χ4n) is 0.642. The summed E-state index contributed by atoms with van der Waals surface area (Å²) in [6, 6.07) is 1.92. The fraction of sp³-hybridized carbons (Fsp3) is 0.500. The quantitative estimate of drug-likeness (QED) is 0.798. The Kier molecular flexibility index (Phi) is 5.39. The SMILES string of the molecule is C=C(Br)CNC(=O)C(C#N)CC. The van der Waals surface area contributed by atoms with E-state index in [1.807, 2.05) is 6.07 Å². The van der Waals surface area contributed by atoms with Gasteiger partial charge in [-0.25, -0.2) is 0 Å². The van der Waals surface area contributed by atoms with Crippen molar-refractivity contribution in [2.75, 3.05) is 6.54 Å². The Labute approximate surface area is 80.6 Å². The van der Waals surface area contributed by atoms with Crippen molar-refractivity contribution in [2.45, 2.75) is 13.3 Å². The molecule has 0 aliphatic heterocycles. The summed E-state index contributed by atoms with van der Waals surface area (Å²) < 4.78 is 0.698. The molecule has 0 aromatic rings. The second-order valence-electron chi connectivity index (χ2n) is 2.32. The summed E-state index contributed by atoms with van der Waals surface area (Å²) in [5, 5.41) is 11.1. The van der Waals surface area contributed by atoms with Gasteiger partial charge in [-0.3, -0.25) is 4.79 Å². The summed E-state index contributed by atoms with van der Waals surface area (Å²) in [4.78, 5) is 11.1. The van der Waals surface area contributed by atoms with E-state index in [2.05, 4.69) is 27.8 Å². The summed E-state index contributed by atoms with van der Waals surface area (Å²) >= 11 is 3.10. The van der Waals surface area contributed by atoms with Gasteiger partial charge < -0.3 is 5.32 Å². The van der Waals surface area contributed by atoms with Crippen LogP contribution in [0.4, 0.5) is 0 Å². The van der Waals surface area contributed by atoms with Crippen LogP contribution in [0.1, 0.15) is 13.3 Å². The minimum Gasteiger partial charge on any atom is -0.350 e. The highest BCUT2D eigenvalue weighted by atomic mass is 79.9. The van der Waals surface area contributed by atoms with Crippen LogP contribution < -0.4 is 5.32 Å². The molecular formula is C8H11BrN2O. The molecule has 1 atom stereocenters. The molecule has 0 rings (SSSR count). The van der Waals surface area contributed by atoms with E-state index in [4.69, 9.17) is 5.26 Å². The molecule has 0 heterocycles. The van der Waals surface area contributed by atoms with Gasteiger partial charge in [0.1, 0.15) is 5.92 Å². The number of rotatable bonds is 4. The molecular weight excluding hydrogens is 220 g/mol. The smallest absolute Gasteiger partial charge is 0.237 e. The number of hydrogen-bond donors (Lipinski definition) is 1. The van der Waals surface area contributed by atoms with Crippen molar-refractivity contribution in [2.24, 2.45) is 5.92 Å². The normalized spacial score (nSPS) is 11.4. The van der Waals surface area contributed by atoms with Crippen LogP contribution in [0.15, 0.2) is 11.1 Å². The van der Waals surface area contributed by atoms with E-state index in [1.165, 1.54) is 0 Å². The van der Waals surface area contributed by atoms with Crippen LogP contribution in [0.5, 0.6) is 0 Å². The zero-order chi connectivity index (χ0) is 9.56. The van der Waals surface area contributed by atoms with Crippen LogP contribution in [0.2, 0.25) is 0 Å². The third-order valence-electron chi connectivity index (χ3n) is 1.34. The van der Waals surface area contributed by atoms with Gasteiger partial charge in [-0.15, -0.1) is 0 Å². The molecule has 1 amide bonds. The molecule has 0 spiro atoms. The van der Waals surface area contributed by atoms with Crippen LogP contribution in [0.25, 0.3) is 0 Å². The highest BCUT2D eigenvalue weighted by Gasteiger charge is 2.14. The predicted octanol–water partition coefficient (Wildman–Crippen LogP) is 1.56. The Hall–Kier alpha value is -0.820. The Morgan fingerprint density at radius 1 is 1.83 bits per heavy atom. The number of carbonyl (C=O) groups is 1. The van der Waals surface area contributed by atoms with Crippen LogP contribution in [0, 0.1) is 17.2 Å². The lowest BCUT2D eigenvalue weighted by atomic mass is 10.1. The van der Waals surface area contributed by atoms with E-state index >= 15 is 0 Å². The molecule has 0 bridgehead atoms. The summed E-state index contributed by atoms with van der Waals surface area (Å²) in [7, 11) is 0. The molecule has 4 heteroatoms. The Morgan fingerprint density at radius 2 is 2.42 bits per heavy atom. The number of amides is 1. The van der Waals surface area contributed by atoms with E-state index in [0.717, 1.165) is 0 Å². The molecule has 1 unspecified atom stereocenters. The van der Waals surface area contributed by atoms with Crippen molar-refractivity contribution < 1.29 is 4.79 Å². The van der Waals surface area contributed by atoms with Gasteiger partial charge in [0.05, 0.1) is 6.07 Å². The van der Waals surface area contributed by atoms with Crippen LogP contribution in [-0.4, -0.2) is 12.5 Å². The standard InChI is InChI=1S/C8H11BrN2O/c1-3-7(4-10)8(12)11-5-6(2)9/h7H,2-3,5H2,1H3,(H,11,12). The number of carbonyl (C=O) groups excluding carboxylic acids is 1. The maximum atomic E-state index is 11.1. The van der Waals surface area contributed by atoms with Gasteiger partial charge in [0, 0.05) is 11.0 Å². The number of nitriles is 1. The van der Waals surface area contributed by atoms with Crippen molar-refractivity contribution >= 4 is 21.8 Å². The van der Waals surface area contributed by atoms with Crippen LogP contribution >= 0.6 is 15.9 Å². The summed E-state index contributed by atoms with van der Waals surface area (Å²) in [5.41, 5.74) is 0. The average Bonchev–Trinajstić information content (AvgIpc) is 2.03. The van der Waals surface area contributed by atoms with E-state index in [0.29, 0.717) is 17.4 Å². The number of nitrogens with one attached hydrogen (secondary N) is 1. The van der Waals surface area contributed by atoms with E-state index in [1.54, 1.807) is 6.92 Å².